The zero-order chi connectivity index (χ0) is 16.3. The zero-order valence-electron chi connectivity index (χ0n) is 13.7. The van der Waals surface area contributed by atoms with Crippen LogP contribution < -0.4 is 21.7 Å². The second-order valence-corrected chi connectivity index (χ2v) is 3.72. The molecule has 26 heavy (non-hydrogen) atoms. The van der Waals surface area contributed by atoms with Crippen molar-refractivity contribution in [1.82, 2.24) is 0 Å². The quantitative estimate of drug-likeness (QED) is 0.243. The SMILES string of the molecule is N[C@@H](CCC(=O)O)C(=O)[O-].N[C@@H](CCC(=O)O)C(=O)[O-].O.O.O.O.O.[Sr+2]. The molecule has 16 heteroatoms. The number of nitrogens with two attached hydrogens (primary N) is 2. The maximum Gasteiger partial charge on any atom is 2.00 e. The molecule has 0 unspecified atom stereocenters. The van der Waals surface area contributed by atoms with Gasteiger partial charge in [0.05, 0.1) is 11.9 Å². The van der Waals surface area contributed by atoms with Gasteiger partial charge in [-0.15, -0.1) is 0 Å². The summed E-state index contributed by atoms with van der Waals surface area (Å²) < 4.78 is 0. The van der Waals surface area contributed by atoms with Gasteiger partial charge in [-0.05, 0) is 12.8 Å². The summed E-state index contributed by atoms with van der Waals surface area (Å²) >= 11 is 0. The van der Waals surface area contributed by atoms with Crippen LogP contribution >= 0.6 is 0 Å². The van der Waals surface area contributed by atoms with Crippen LogP contribution in [0.1, 0.15) is 25.7 Å². The van der Waals surface area contributed by atoms with E-state index in [4.69, 9.17) is 21.7 Å². The number of aliphatic carboxylic acids is 4. The van der Waals surface area contributed by atoms with E-state index in [1.54, 1.807) is 0 Å². The van der Waals surface area contributed by atoms with Gasteiger partial charge in [0.1, 0.15) is 0 Å². The predicted molar refractivity (Wildman–Crippen MR) is 83.5 cm³/mol. The Morgan fingerprint density at radius 2 is 0.885 bits per heavy atom. The number of carbonyl (C=O) groups is 4. The van der Waals surface area contributed by atoms with E-state index in [-0.39, 0.29) is 98.5 Å². The van der Waals surface area contributed by atoms with Gasteiger partial charge in [0.25, 0.3) is 0 Å². The molecule has 0 aromatic carbocycles. The summed E-state index contributed by atoms with van der Waals surface area (Å²) in [6, 6.07) is -2.34. The molecule has 0 radical (unpaired) electrons. The number of hydrogen-bond donors (Lipinski definition) is 4. The first kappa shape index (κ1) is 49.9. The van der Waals surface area contributed by atoms with Gasteiger partial charge in [0.15, 0.2) is 0 Å². The van der Waals surface area contributed by atoms with Crippen LogP contribution in [0.5, 0.6) is 0 Å². The van der Waals surface area contributed by atoms with Crippen LogP contribution in [0.2, 0.25) is 0 Å². The van der Waals surface area contributed by atoms with E-state index in [0.29, 0.717) is 0 Å². The van der Waals surface area contributed by atoms with E-state index in [0.717, 1.165) is 0 Å². The molecule has 0 aromatic heterocycles. The molecule has 0 aromatic rings. The fourth-order valence-electron chi connectivity index (χ4n) is 0.794. The first-order valence-corrected chi connectivity index (χ1v) is 5.44. The minimum atomic E-state index is -1.42. The number of carbonyl (C=O) groups excluding carboxylic acids is 2. The van der Waals surface area contributed by atoms with Gasteiger partial charge in [0, 0.05) is 24.9 Å². The smallest absolute Gasteiger partial charge is 0.548 e. The van der Waals surface area contributed by atoms with E-state index in [1.807, 2.05) is 0 Å². The average molecular weight is 470 g/mol. The molecule has 0 aliphatic carbocycles. The standard InChI is InChI=1S/2C5H9NO4.5H2O.Sr/c2*6-3(5(9)10)1-2-4(7)8;;;;;;/h2*3H,1-2,6H2,(H,7,8)(H,9,10);5*1H2;/q;;;;;;;+2/p-2/t2*3-;;;;;;/m00....../s1. The Balaban J connectivity index is -0.0000000337. The molecule has 0 bridgehead atoms. The van der Waals surface area contributed by atoms with Gasteiger partial charge >= 0.3 is 57.4 Å². The second-order valence-electron chi connectivity index (χ2n) is 3.72. The van der Waals surface area contributed by atoms with E-state index >= 15 is 0 Å². The molecule has 0 fully saturated rings. The molecular weight excluding hydrogens is 444 g/mol. The number of rotatable bonds is 8. The second kappa shape index (κ2) is 28.9. The van der Waals surface area contributed by atoms with Crippen LogP contribution in [0.3, 0.4) is 0 Å². The third-order valence-corrected chi connectivity index (χ3v) is 1.94. The van der Waals surface area contributed by atoms with Gasteiger partial charge in [-0.1, -0.05) is 0 Å². The Bertz CT molecular complexity index is 335. The summed E-state index contributed by atoms with van der Waals surface area (Å²) in [5.74, 6) is -4.95. The Hall–Kier alpha value is -0.919. The van der Waals surface area contributed by atoms with Crippen molar-refractivity contribution in [2.24, 2.45) is 11.5 Å². The Kier molecular flexibility index (Phi) is 55.3. The molecule has 0 aliphatic rings. The van der Waals surface area contributed by atoms with Crippen molar-refractivity contribution in [3.8, 4) is 0 Å². The van der Waals surface area contributed by atoms with Crippen LogP contribution in [-0.4, -0.2) is 119 Å². The van der Waals surface area contributed by atoms with E-state index in [2.05, 4.69) is 0 Å². The Morgan fingerprint density at radius 3 is 1.00 bits per heavy atom. The summed E-state index contributed by atoms with van der Waals surface area (Å²) in [5.41, 5.74) is 9.88. The maximum absolute atomic E-state index is 9.88. The molecule has 0 spiro atoms. The minimum absolute atomic E-state index is 0. The van der Waals surface area contributed by atoms with Crippen LogP contribution in [0, 0.1) is 0 Å². The Labute approximate surface area is 184 Å². The molecule has 0 saturated carbocycles. The van der Waals surface area contributed by atoms with Crippen molar-refractivity contribution in [1.29, 1.82) is 0 Å². The van der Waals surface area contributed by atoms with Crippen molar-refractivity contribution in [3.63, 3.8) is 0 Å². The van der Waals surface area contributed by atoms with Crippen LogP contribution in [0.15, 0.2) is 0 Å². The number of carboxylic acid groups (broad SMARTS) is 4. The number of hydrogen-bond acceptors (Lipinski definition) is 8. The topological polar surface area (TPSA) is 364 Å². The Morgan fingerprint density at radius 1 is 0.692 bits per heavy atom. The molecule has 16 N–H and O–H groups in total. The third-order valence-electron chi connectivity index (χ3n) is 1.94. The molecular formula is C10H26N2O13Sr. The molecule has 0 amide bonds. The van der Waals surface area contributed by atoms with Crippen LogP contribution in [-0.2, 0) is 19.2 Å². The van der Waals surface area contributed by atoms with Gasteiger partial charge < -0.3 is 68.9 Å². The largest absolute Gasteiger partial charge is 2.00 e. The maximum atomic E-state index is 9.88. The van der Waals surface area contributed by atoms with E-state index in [1.165, 1.54) is 0 Å². The monoisotopic (exact) mass is 470 g/mol. The molecule has 0 heterocycles. The van der Waals surface area contributed by atoms with Gasteiger partial charge in [0.2, 0.25) is 0 Å². The molecule has 0 saturated heterocycles. The van der Waals surface area contributed by atoms with Crippen molar-refractivity contribution in [3.05, 3.63) is 0 Å². The predicted octanol–water partition coefficient (Wildman–Crippen LogP) is -8.65. The van der Waals surface area contributed by atoms with Crippen molar-refractivity contribution < 1.29 is 67.0 Å². The molecule has 15 nitrogen and oxygen atoms in total. The summed E-state index contributed by atoms with van der Waals surface area (Å²) in [6.07, 6.45) is -0.653. The van der Waals surface area contributed by atoms with Gasteiger partial charge in [-0.2, -0.15) is 0 Å². The van der Waals surface area contributed by atoms with Gasteiger partial charge in [-0.3, -0.25) is 9.59 Å². The molecule has 0 rings (SSSR count). The average Bonchev–Trinajstić information content (AvgIpc) is 2.33. The summed E-state index contributed by atoms with van der Waals surface area (Å²) in [5, 5.41) is 35.9. The normalized spacial score (nSPS) is 9.62. The fraction of sp³-hybridized carbons (Fsp3) is 0.600. The van der Waals surface area contributed by atoms with Crippen molar-refractivity contribution in [2.75, 3.05) is 0 Å². The third kappa shape index (κ3) is 38.6. The molecule has 156 valence electrons. The summed E-state index contributed by atoms with van der Waals surface area (Å²) in [6.45, 7) is 0. The minimum Gasteiger partial charge on any atom is -0.548 e. The summed E-state index contributed by atoms with van der Waals surface area (Å²) in [4.78, 5) is 39.5. The van der Waals surface area contributed by atoms with Crippen LogP contribution in [0.25, 0.3) is 0 Å². The first-order chi connectivity index (χ1) is 9.07. The van der Waals surface area contributed by atoms with Crippen molar-refractivity contribution in [2.45, 2.75) is 37.8 Å². The summed E-state index contributed by atoms with van der Waals surface area (Å²) in [7, 11) is 0. The van der Waals surface area contributed by atoms with E-state index < -0.39 is 36.0 Å². The van der Waals surface area contributed by atoms with Crippen molar-refractivity contribution >= 4 is 69.4 Å². The van der Waals surface area contributed by atoms with Gasteiger partial charge in [-0.25, -0.2) is 0 Å². The van der Waals surface area contributed by atoms with Crippen LogP contribution in [0.4, 0.5) is 0 Å². The number of carboxylic acids is 4. The molecule has 0 aliphatic heterocycles. The molecule has 2 atom stereocenters. The zero-order valence-corrected chi connectivity index (χ0v) is 17.2. The fourth-order valence-corrected chi connectivity index (χ4v) is 0.794. The van der Waals surface area contributed by atoms with E-state index in [9.17, 15) is 29.4 Å². The first-order valence-electron chi connectivity index (χ1n) is 5.44.